The zero-order chi connectivity index (χ0) is 31.5. The van der Waals surface area contributed by atoms with Gasteiger partial charge in [-0.2, -0.15) is 26.3 Å². The van der Waals surface area contributed by atoms with E-state index in [1.807, 2.05) is 30.5 Å². The fourth-order valence-corrected chi connectivity index (χ4v) is 6.11. The number of nitrogens with one attached hydrogen (secondary N) is 1. The monoisotopic (exact) mass is 620 g/mol. The molecule has 6 nitrogen and oxygen atoms in total. The number of H-pyrrole nitrogens is 1. The highest BCUT2D eigenvalue weighted by Gasteiger charge is 2.39. The molecule has 2 fully saturated rings. The Morgan fingerprint density at radius 2 is 1.66 bits per heavy atom. The Hall–Kier alpha value is -3.53. The molecule has 0 bridgehead atoms. The quantitative estimate of drug-likeness (QED) is 0.273. The molecule has 0 spiro atoms. The van der Waals surface area contributed by atoms with Gasteiger partial charge in [0.2, 0.25) is 0 Å². The van der Waals surface area contributed by atoms with Gasteiger partial charge in [-0.3, -0.25) is 14.6 Å². The van der Waals surface area contributed by atoms with Crippen molar-refractivity contribution in [2.45, 2.75) is 43.7 Å². The molecule has 12 heteroatoms. The lowest BCUT2D eigenvalue weighted by Crippen LogP contribution is -2.56. The third kappa shape index (κ3) is 7.39. The number of aromatic nitrogens is 1. The van der Waals surface area contributed by atoms with Crippen LogP contribution in [0.5, 0.6) is 0 Å². The van der Waals surface area contributed by atoms with Crippen LogP contribution in [0.3, 0.4) is 0 Å². The molecule has 2 saturated heterocycles. The Morgan fingerprint density at radius 1 is 0.955 bits per heavy atom. The number of aromatic amines is 1. The molecule has 3 aromatic rings. The fourth-order valence-electron chi connectivity index (χ4n) is 6.11. The molecular formula is C32H34F6N4O2. The summed E-state index contributed by atoms with van der Waals surface area (Å²) >= 11 is 0. The fraction of sp³-hybridized carbons (Fsp3) is 0.469. The van der Waals surface area contributed by atoms with E-state index >= 15 is 0 Å². The van der Waals surface area contributed by atoms with E-state index in [9.17, 15) is 31.1 Å². The van der Waals surface area contributed by atoms with Gasteiger partial charge >= 0.3 is 12.4 Å². The SMILES string of the molecule is COC[C@H]1CCCN1CC#CCN1CCN(C(=O)c2cc(C(F)(F)F)cc(C(F)(F)F)c2)[C@H](Cc2c[nH]c3ccccc23)C1. The molecule has 1 amide bonds. The van der Waals surface area contributed by atoms with Gasteiger partial charge < -0.3 is 14.6 Å². The third-order valence-electron chi connectivity index (χ3n) is 8.36. The molecule has 1 aromatic heterocycles. The molecule has 3 heterocycles. The van der Waals surface area contributed by atoms with Gasteiger partial charge in [-0.1, -0.05) is 30.0 Å². The Labute approximate surface area is 251 Å². The number of rotatable bonds is 7. The van der Waals surface area contributed by atoms with Gasteiger partial charge in [0, 0.05) is 61.5 Å². The van der Waals surface area contributed by atoms with Crippen molar-refractivity contribution in [1.29, 1.82) is 0 Å². The van der Waals surface area contributed by atoms with E-state index in [0.717, 1.165) is 35.9 Å². The standard InChI is InChI=1S/C32H34F6N4O2/c1-44-21-26-7-6-12-41(26)11-5-4-10-40-13-14-42(27(20-40)17-23-19-39-29-9-3-2-8-28(23)29)30(43)22-15-24(31(33,34)35)18-25(16-22)32(36,37)38/h2-3,8-9,15-16,18-19,26-27,39H,6-7,10-14,17,20-21H2,1H3/t26-,27-/m1/s1. The van der Waals surface area contributed by atoms with Crippen LogP contribution in [0.2, 0.25) is 0 Å². The Bertz CT molecular complexity index is 1490. The van der Waals surface area contributed by atoms with E-state index in [0.29, 0.717) is 57.4 Å². The van der Waals surface area contributed by atoms with E-state index in [4.69, 9.17) is 4.74 Å². The number of piperazine rings is 1. The minimum Gasteiger partial charge on any atom is -0.383 e. The second kappa shape index (κ2) is 13.2. The van der Waals surface area contributed by atoms with Crippen LogP contribution in [0.15, 0.2) is 48.7 Å². The van der Waals surface area contributed by atoms with Crippen LogP contribution < -0.4 is 0 Å². The number of hydrogen-bond acceptors (Lipinski definition) is 4. The number of methoxy groups -OCH3 is 1. The lowest BCUT2D eigenvalue weighted by atomic mass is 9.98. The van der Waals surface area contributed by atoms with E-state index < -0.39 is 41.0 Å². The number of carbonyl (C=O) groups excluding carboxylic acids is 1. The van der Waals surface area contributed by atoms with Crippen molar-refractivity contribution in [3.63, 3.8) is 0 Å². The van der Waals surface area contributed by atoms with Crippen LogP contribution in [0.4, 0.5) is 26.3 Å². The number of fused-ring (bicyclic) bond motifs is 1. The van der Waals surface area contributed by atoms with Crippen molar-refractivity contribution in [1.82, 2.24) is 19.7 Å². The lowest BCUT2D eigenvalue weighted by molar-refractivity contribution is -0.143. The first-order valence-corrected chi connectivity index (χ1v) is 14.5. The second-order valence-electron chi connectivity index (χ2n) is 11.3. The summed E-state index contributed by atoms with van der Waals surface area (Å²) in [6.07, 6.45) is -5.75. The molecule has 0 radical (unpaired) electrons. The number of amides is 1. The molecule has 0 unspecified atom stereocenters. The van der Waals surface area contributed by atoms with Crippen LogP contribution in [0.1, 0.15) is 39.9 Å². The number of alkyl halides is 6. The highest BCUT2D eigenvalue weighted by molar-refractivity contribution is 5.95. The van der Waals surface area contributed by atoms with Crippen molar-refractivity contribution in [2.75, 3.05) is 53.0 Å². The maximum absolute atomic E-state index is 13.7. The van der Waals surface area contributed by atoms with Crippen molar-refractivity contribution in [3.05, 3.63) is 70.9 Å². The van der Waals surface area contributed by atoms with Crippen molar-refractivity contribution < 1.29 is 35.9 Å². The summed E-state index contributed by atoms with van der Waals surface area (Å²) in [5.41, 5.74) is -1.87. The van der Waals surface area contributed by atoms with Crippen LogP contribution in [0.25, 0.3) is 10.9 Å². The average Bonchev–Trinajstić information content (AvgIpc) is 3.61. The number of likely N-dealkylation sites (tertiary alicyclic amines) is 1. The summed E-state index contributed by atoms with van der Waals surface area (Å²) < 4.78 is 86.6. The molecule has 2 aliphatic heterocycles. The topological polar surface area (TPSA) is 51.8 Å². The van der Waals surface area contributed by atoms with Gasteiger partial charge in [-0.25, -0.2) is 0 Å². The number of carbonyl (C=O) groups is 1. The maximum atomic E-state index is 13.7. The molecule has 2 aromatic carbocycles. The summed E-state index contributed by atoms with van der Waals surface area (Å²) in [6.45, 7) is 3.53. The van der Waals surface area contributed by atoms with E-state index in [2.05, 4.69) is 26.6 Å². The summed E-state index contributed by atoms with van der Waals surface area (Å²) in [6, 6.07) is 8.48. The van der Waals surface area contributed by atoms with Gasteiger partial charge in [-0.15, -0.1) is 0 Å². The number of ether oxygens (including phenoxy) is 1. The van der Waals surface area contributed by atoms with Crippen molar-refractivity contribution in [2.24, 2.45) is 0 Å². The molecule has 0 aliphatic carbocycles. The lowest BCUT2D eigenvalue weighted by Gasteiger charge is -2.41. The zero-order valence-electron chi connectivity index (χ0n) is 24.3. The number of para-hydroxylation sites is 1. The highest BCUT2D eigenvalue weighted by Crippen LogP contribution is 2.37. The zero-order valence-corrected chi connectivity index (χ0v) is 24.3. The first-order chi connectivity index (χ1) is 20.9. The Kier molecular flexibility index (Phi) is 9.58. The molecule has 2 aliphatic rings. The Morgan fingerprint density at radius 3 is 2.36 bits per heavy atom. The first kappa shape index (κ1) is 31.9. The van der Waals surface area contributed by atoms with Gasteiger partial charge in [0.05, 0.1) is 30.8 Å². The second-order valence-corrected chi connectivity index (χ2v) is 11.3. The van der Waals surface area contributed by atoms with Crippen molar-refractivity contribution in [3.8, 4) is 11.8 Å². The summed E-state index contributed by atoms with van der Waals surface area (Å²) in [5, 5.41) is 0.937. The molecule has 236 valence electrons. The van der Waals surface area contributed by atoms with Crippen LogP contribution in [0, 0.1) is 11.8 Å². The summed E-state index contributed by atoms with van der Waals surface area (Å²) in [4.78, 5) is 22.6. The minimum atomic E-state index is -5.05. The number of halogens is 6. The predicted octanol–water partition coefficient (Wildman–Crippen LogP) is 5.69. The Balaban J connectivity index is 1.38. The average molecular weight is 621 g/mol. The van der Waals surface area contributed by atoms with E-state index in [1.165, 1.54) is 4.90 Å². The normalized spacial score (nSPS) is 20.2. The maximum Gasteiger partial charge on any atom is 0.416 e. The summed E-state index contributed by atoms with van der Waals surface area (Å²) in [7, 11) is 1.68. The smallest absolute Gasteiger partial charge is 0.383 e. The minimum absolute atomic E-state index is 0.0381. The predicted molar refractivity (Wildman–Crippen MR) is 154 cm³/mol. The number of nitrogens with zero attached hydrogens (tertiary/aromatic N) is 3. The first-order valence-electron chi connectivity index (χ1n) is 14.5. The van der Waals surface area contributed by atoms with Gasteiger partial charge in [-0.05, 0) is 55.6 Å². The number of hydrogen-bond donors (Lipinski definition) is 1. The van der Waals surface area contributed by atoms with Gasteiger partial charge in [0.1, 0.15) is 0 Å². The van der Waals surface area contributed by atoms with Crippen LogP contribution in [-0.2, 0) is 23.5 Å². The van der Waals surface area contributed by atoms with Crippen molar-refractivity contribution >= 4 is 16.8 Å². The van der Waals surface area contributed by atoms with Crippen LogP contribution in [-0.4, -0.2) is 90.7 Å². The largest absolute Gasteiger partial charge is 0.416 e. The van der Waals surface area contributed by atoms with Gasteiger partial charge in [0.15, 0.2) is 0 Å². The van der Waals surface area contributed by atoms with Crippen LogP contribution >= 0.6 is 0 Å². The van der Waals surface area contributed by atoms with E-state index in [-0.39, 0.29) is 12.6 Å². The molecule has 1 N–H and O–H groups in total. The molecule has 2 atom stereocenters. The molecule has 44 heavy (non-hydrogen) atoms. The van der Waals surface area contributed by atoms with Gasteiger partial charge in [0.25, 0.3) is 5.91 Å². The molecular weight excluding hydrogens is 586 g/mol. The summed E-state index contributed by atoms with van der Waals surface area (Å²) in [5.74, 6) is 5.57. The molecule has 0 saturated carbocycles. The third-order valence-corrected chi connectivity index (χ3v) is 8.36. The number of benzene rings is 2. The van der Waals surface area contributed by atoms with E-state index in [1.54, 1.807) is 7.11 Å². The highest BCUT2D eigenvalue weighted by atomic mass is 19.4. The molecule has 5 rings (SSSR count).